The van der Waals surface area contributed by atoms with Crippen molar-refractivity contribution >= 4 is 34.1 Å². The van der Waals surface area contributed by atoms with E-state index in [2.05, 4.69) is 261 Å². The van der Waals surface area contributed by atoms with Crippen LogP contribution in [-0.4, -0.2) is 0 Å². The minimum absolute atomic E-state index is 0.0943. The molecule has 0 spiro atoms. The Bertz CT molecular complexity index is 3430. The monoisotopic (exact) mass is 904 g/mol. The Balaban J connectivity index is 0.916. The van der Waals surface area contributed by atoms with Gasteiger partial charge in [-0.2, -0.15) is 0 Å². The third-order valence-electron chi connectivity index (χ3n) is 17.2. The zero-order valence-electron chi connectivity index (χ0n) is 42.2. The van der Waals surface area contributed by atoms with Crippen LogP contribution in [0.3, 0.4) is 0 Å². The van der Waals surface area contributed by atoms with E-state index in [1.54, 1.807) is 0 Å². The van der Waals surface area contributed by atoms with Gasteiger partial charge in [0.25, 0.3) is 0 Å². The molecule has 0 atom stereocenters. The predicted octanol–water partition coefficient (Wildman–Crippen LogP) is 18.5. The van der Waals surface area contributed by atoms with Crippen LogP contribution in [0.25, 0.3) is 44.5 Å². The molecule has 0 aliphatic heterocycles. The largest absolute Gasteiger partial charge is 0.310 e. The summed E-state index contributed by atoms with van der Waals surface area (Å²) in [7, 11) is 0. The highest BCUT2D eigenvalue weighted by atomic mass is 15.1. The normalized spacial score (nSPS) is 16.0. The lowest BCUT2D eigenvalue weighted by Crippen LogP contribution is -2.18. The van der Waals surface area contributed by atoms with E-state index in [-0.39, 0.29) is 21.7 Å². The minimum atomic E-state index is -0.226. The highest BCUT2D eigenvalue weighted by Crippen LogP contribution is 2.60. The fourth-order valence-electron chi connectivity index (χ4n) is 13.5. The summed E-state index contributed by atoms with van der Waals surface area (Å²) in [6.07, 6.45) is 0. The average molecular weight is 905 g/mol. The van der Waals surface area contributed by atoms with E-state index in [4.69, 9.17) is 0 Å². The molecule has 0 fully saturated rings. The molecule has 9 aromatic carbocycles. The fraction of sp³-hybridized carbons (Fsp3) is 0.206. The van der Waals surface area contributed by atoms with E-state index in [0.29, 0.717) is 0 Å². The van der Waals surface area contributed by atoms with Crippen molar-refractivity contribution in [2.45, 2.75) is 90.9 Å². The van der Waals surface area contributed by atoms with Gasteiger partial charge in [-0.15, -0.1) is 0 Å². The standard InChI is InChI=1S/C68H60N2/c1-41-33-47(69(43-21-13-11-14-22-43)45-29-31-51-49-25-17-19-27-55(49)65(3,4)57(51)35-45)37-61-63(41)53-39-60-54(40-59(53)67(61,7)8)64-42(2)34-48(38-62(64)68(60,9)10)70(44-23-15-12-16-24-44)46-30-32-52-50-26-18-20-28-56(50)66(5,6)58(52)36-46/h11-40H,1-10H3. The molecule has 13 rings (SSSR count). The van der Waals surface area contributed by atoms with Gasteiger partial charge in [-0.3, -0.25) is 0 Å². The molecule has 342 valence electrons. The Kier molecular flexibility index (Phi) is 8.88. The smallest absolute Gasteiger partial charge is 0.0467 e. The molecular weight excluding hydrogens is 845 g/mol. The van der Waals surface area contributed by atoms with Crippen molar-refractivity contribution in [1.29, 1.82) is 0 Å². The summed E-state index contributed by atoms with van der Waals surface area (Å²) in [6.45, 7) is 23.9. The van der Waals surface area contributed by atoms with E-state index >= 15 is 0 Å². The highest BCUT2D eigenvalue weighted by Gasteiger charge is 2.44. The van der Waals surface area contributed by atoms with Crippen molar-refractivity contribution in [3.05, 3.63) is 238 Å². The van der Waals surface area contributed by atoms with Gasteiger partial charge >= 0.3 is 0 Å². The SMILES string of the molecule is Cc1cc(N(c2ccccc2)c2ccc3c(c2)C(C)(C)c2ccccc2-3)cc2c1-c1cc3c(cc1C2(C)C)-c1c(C)cc(N(c2ccccc2)c2ccc4c(c2)C(C)(C)c2ccccc2-4)cc1C3(C)C. The molecule has 2 nitrogen and oxygen atoms in total. The van der Waals surface area contributed by atoms with Crippen LogP contribution >= 0.6 is 0 Å². The van der Waals surface area contributed by atoms with Crippen molar-refractivity contribution in [2.75, 3.05) is 9.80 Å². The summed E-state index contributed by atoms with van der Waals surface area (Å²) >= 11 is 0. The van der Waals surface area contributed by atoms with E-state index in [0.717, 1.165) is 11.4 Å². The molecule has 70 heavy (non-hydrogen) atoms. The number of fused-ring (bicyclic) bond motifs is 12. The number of benzene rings is 9. The van der Waals surface area contributed by atoms with Gasteiger partial charge < -0.3 is 9.80 Å². The number of hydrogen-bond donors (Lipinski definition) is 0. The maximum Gasteiger partial charge on any atom is 0.0467 e. The predicted molar refractivity (Wildman–Crippen MR) is 296 cm³/mol. The molecule has 4 aliphatic rings. The van der Waals surface area contributed by atoms with Crippen molar-refractivity contribution in [1.82, 2.24) is 0 Å². The van der Waals surface area contributed by atoms with Gasteiger partial charge in [0.1, 0.15) is 0 Å². The maximum atomic E-state index is 2.58. The molecule has 0 unspecified atom stereocenters. The van der Waals surface area contributed by atoms with Gasteiger partial charge in [0.2, 0.25) is 0 Å². The summed E-state index contributed by atoms with van der Waals surface area (Å²) in [5.74, 6) is 0. The van der Waals surface area contributed by atoms with Crippen LogP contribution in [-0.2, 0) is 21.7 Å². The number of para-hydroxylation sites is 2. The molecule has 4 aliphatic carbocycles. The number of rotatable bonds is 6. The van der Waals surface area contributed by atoms with Gasteiger partial charge in [0.05, 0.1) is 0 Å². The number of aryl methyl sites for hydroxylation is 2. The first-order valence-electron chi connectivity index (χ1n) is 25.3. The van der Waals surface area contributed by atoms with Gasteiger partial charge in [0, 0.05) is 55.8 Å². The first-order valence-corrected chi connectivity index (χ1v) is 25.3. The van der Waals surface area contributed by atoms with Gasteiger partial charge in [-0.1, -0.05) is 152 Å². The Hall–Kier alpha value is -7.42. The molecule has 0 amide bonds. The molecular formula is C68H60N2. The molecule has 0 saturated heterocycles. The summed E-state index contributed by atoms with van der Waals surface area (Å²) in [6, 6.07) is 69.0. The quantitative estimate of drug-likeness (QED) is 0.164. The highest BCUT2D eigenvalue weighted by molar-refractivity contribution is 5.95. The molecule has 0 heterocycles. The van der Waals surface area contributed by atoms with Gasteiger partial charge in [-0.05, 0) is 199 Å². The van der Waals surface area contributed by atoms with Crippen LogP contribution in [0, 0.1) is 13.8 Å². The van der Waals surface area contributed by atoms with Gasteiger partial charge in [-0.25, -0.2) is 0 Å². The number of nitrogens with zero attached hydrogens (tertiary/aromatic N) is 2. The zero-order valence-corrected chi connectivity index (χ0v) is 42.2. The maximum absolute atomic E-state index is 2.58. The second-order valence-corrected chi connectivity index (χ2v) is 22.7. The van der Waals surface area contributed by atoms with Crippen LogP contribution in [0.5, 0.6) is 0 Å². The van der Waals surface area contributed by atoms with Gasteiger partial charge in [0.15, 0.2) is 0 Å². The van der Waals surface area contributed by atoms with Crippen LogP contribution in [0.15, 0.2) is 182 Å². The van der Waals surface area contributed by atoms with Crippen LogP contribution in [0.2, 0.25) is 0 Å². The van der Waals surface area contributed by atoms with Crippen LogP contribution < -0.4 is 9.80 Å². The Morgan fingerprint density at radius 2 is 0.557 bits per heavy atom. The number of hydrogen-bond acceptors (Lipinski definition) is 2. The summed E-state index contributed by atoms with van der Waals surface area (Å²) < 4.78 is 0. The Morgan fingerprint density at radius 3 is 0.957 bits per heavy atom. The molecule has 9 aromatic rings. The van der Waals surface area contributed by atoms with E-state index < -0.39 is 0 Å². The Morgan fingerprint density at radius 1 is 0.243 bits per heavy atom. The number of anilines is 6. The molecule has 0 saturated carbocycles. The molecule has 0 bridgehead atoms. The van der Waals surface area contributed by atoms with E-state index in [9.17, 15) is 0 Å². The van der Waals surface area contributed by atoms with E-state index in [1.165, 1.54) is 123 Å². The fourth-order valence-corrected chi connectivity index (χ4v) is 13.5. The van der Waals surface area contributed by atoms with Crippen LogP contribution in [0.1, 0.15) is 111 Å². The molecule has 0 N–H and O–H groups in total. The summed E-state index contributed by atoms with van der Waals surface area (Å²) in [5.41, 5.74) is 31.1. The van der Waals surface area contributed by atoms with Crippen LogP contribution in [0.4, 0.5) is 34.1 Å². The molecule has 0 radical (unpaired) electrons. The summed E-state index contributed by atoms with van der Waals surface area (Å²) in [4.78, 5) is 4.96. The second-order valence-electron chi connectivity index (χ2n) is 22.7. The Labute approximate surface area is 414 Å². The average Bonchev–Trinajstić information content (AvgIpc) is 3.92. The first kappa shape index (κ1) is 42.7. The lowest BCUT2D eigenvalue weighted by atomic mass is 9.79. The first-order chi connectivity index (χ1) is 33.6. The minimum Gasteiger partial charge on any atom is -0.310 e. The van der Waals surface area contributed by atoms with Crippen molar-refractivity contribution < 1.29 is 0 Å². The molecule has 0 aromatic heterocycles. The van der Waals surface area contributed by atoms with Crippen molar-refractivity contribution in [3.63, 3.8) is 0 Å². The lowest BCUT2D eigenvalue weighted by Gasteiger charge is -2.30. The third kappa shape index (κ3) is 5.80. The summed E-state index contributed by atoms with van der Waals surface area (Å²) in [5, 5.41) is 0. The van der Waals surface area contributed by atoms with Crippen molar-refractivity contribution in [3.8, 4) is 44.5 Å². The van der Waals surface area contributed by atoms with Crippen molar-refractivity contribution in [2.24, 2.45) is 0 Å². The second kappa shape index (κ2) is 14.6. The topological polar surface area (TPSA) is 6.48 Å². The zero-order chi connectivity index (χ0) is 48.2. The third-order valence-corrected chi connectivity index (χ3v) is 17.2. The van der Waals surface area contributed by atoms with E-state index in [1.807, 2.05) is 0 Å². The molecule has 2 heteroatoms. The lowest BCUT2D eigenvalue weighted by molar-refractivity contribution is 0.652.